The molecule has 0 radical (unpaired) electrons. The van der Waals surface area contributed by atoms with Crippen LogP contribution in [0.2, 0.25) is 5.02 Å². The Kier molecular flexibility index (Phi) is 4.98. The van der Waals surface area contributed by atoms with Crippen LogP contribution in [0.15, 0.2) is 12.1 Å². The van der Waals surface area contributed by atoms with E-state index in [1.54, 1.807) is 17.8 Å². The Balaban J connectivity index is 2.73. The number of aliphatic hydroxyl groups is 1. The van der Waals surface area contributed by atoms with Crippen LogP contribution in [0.25, 0.3) is 0 Å². The average molecular weight is 275 g/mol. The first-order valence-electron chi connectivity index (χ1n) is 5.36. The molecule has 4 N–H and O–H groups in total. The zero-order valence-electron chi connectivity index (χ0n) is 10.4. The van der Waals surface area contributed by atoms with Crippen molar-refractivity contribution in [3.05, 3.63) is 22.7 Å². The first kappa shape index (κ1) is 14.5. The first-order valence-corrected chi connectivity index (χ1v) is 7.14. The van der Waals surface area contributed by atoms with Crippen LogP contribution < -0.4 is 11.1 Å². The van der Waals surface area contributed by atoms with Crippen molar-refractivity contribution in [2.24, 2.45) is 0 Å². The van der Waals surface area contributed by atoms with Gasteiger partial charge in [-0.25, -0.2) is 0 Å². The third-order valence-corrected chi connectivity index (χ3v) is 3.70. The van der Waals surface area contributed by atoms with Crippen LogP contribution in [-0.4, -0.2) is 29.3 Å². The van der Waals surface area contributed by atoms with Crippen molar-refractivity contribution in [2.45, 2.75) is 19.4 Å². The SMILES string of the molecule is CSCC(C)(O)CNc1cc(Cl)c(N)cc1C. The van der Waals surface area contributed by atoms with E-state index in [2.05, 4.69) is 5.32 Å². The second-order valence-electron chi connectivity index (χ2n) is 4.47. The number of nitrogens with two attached hydrogens (primary N) is 1. The summed E-state index contributed by atoms with van der Waals surface area (Å²) in [5.74, 6) is 0.682. The molecule has 1 rings (SSSR count). The van der Waals surface area contributed by atoms with Crippen molar-refractivity contribution in [3.8, 4) is 0 Å². The van der Waals surface area contributed by atoms with E-state index in [0.717, 1.165) is 11.3 Å². The summed E-state index contributed by atoms with van der Waals surface area (Å²) in [5.41, 5.74) is 7.47. The Labute approximate surface area is 112 Å². The molecule has 1 aromatic carbocycles. The molecule has 1 unspecified atom stereocenters. The van der Waals surface area contributed by atoms with Gasteiger partial charge < -0.3 is 16.2 Å². The second kappa shape index (κ2) is 5.85. The molecule has 1 atom stereocenters. The number of hydrogen-bond donors (Lipinski definition) is 3. The van der Waals surface area contributed by atoms with Crippen LogP contribution in [0.1, 0.15) is 12.5 Å². The van der Waals surface area contributed by atoms with E-state index in [0.29, 0.717) is 23.0 Å². The van der Waals surface area contributed by atoms with Gasteiger partial charge in [-0.05, 0) is 37.8 Å². The monoisotopic (exact) mass is 274 g/mol. The number of nitrogen functional groups attached to an aromatic ring is 1. The molecule has 0 spiro atoms. The summed E-state index contributed by atoms with van der Waals surface area (Å²) in [4.78, 5) is 0. The highest BCUT2D eigenvalue weighted by atomic mass is 35.5. The van der Waals surface area contributed by atoms with Crippen molar-refractivity contribution in [1.29, 1.82) is 0 Å². The number of nitrogens with one attached hydrogen (secondary N) is 1. The molecule has 0 heterocycles. The number of thioether (sulfide) groups is 1. The van der Waals surface area contributed by atoms with Gasteiger partial charge in [-0.15, -0.1) is 0 Å². The molecule has 0 bridgehead atoms. The summed E-state index contributed by atoms with van der Waals surface area (Å²) in [7, 11) is 0. The summed E-state index contributed by atoms with van der Waals surface area (Å²) in [6.45, 7) is 4.25. The van der Waals surface area contributed by atoms with Crippen LogP contribution in [-0.2, 0) is 0 Å². The summed E-state index contributed by atoms with van der Waals surface area (Å²) in [6, 6.07) is 3.62. The molecular formula is C12H19ClN2OS. The third kappa shape index (κ3) is 4.30. The zero-order valence-corrected chi connectivity index (χ0v) is 12.0. The van der Waals surface area contributed by atoms with Gasteiger partial charge in [0.2, 0.25) is 0 Å². The fourth-order valence-corrected chi connectivity index (χ4v) is 2.43. The Hall–Kier alpha value is -0.580. The summed E-state index contributed by atoms with van der Waals surface area (Å²) in [5, 5.41) is 13.8. The van der Waals surface area contributed by atoms with Crippen molar-refractivity contribution in [2.75, 3.05) is 29.6 Å². The van der Waals surface area contributed by atoms with Gasteiger partial charge in [0.05, 0.1) is 16.3 Å². The highest BCUT2D eigenvalue weighted by Crippen LogP contribution is 2.27. The van der Waals surface area contributed by atoms with Crippen LogP contribution >= 0.6 is 23.4 Å². The number of halogens is 1. The van der Waals surface area contributed by atoms with E-state index in [1.165, 1.54) is 0 Å². The lowest BCUT2D eigenvalue weighted by Crippen LogP contribution is -2.36. The van der Waals surface area contributed by atoms with Gasteiger partial charge in [0.25, 0.3) is 0 Å². The van der Waals surface area contributed by atoms with E-state index in [-0.39, 0.29) is 0 Å². The minimum atomic E-state index is -0.736. The quantitative estimate of drug-likeness (QED) is 0.723. The number of aryl methyl sites for hydroxylation is 1. The molecule has 0 amide bonds. The lowest BCUT2D eigenvalue weighted by atomic mass is 10.1. The molecule has 0 aromatic heterocycles. The maximum atomic E-state index is 10.0. The van der Waals surface area contributed by atoms with Crippen LogP contribution in [0.3, 0.4) is 0 Å². The molecule has 17 heavy (non-hydrogen) atoms. The molecular weight excluding hydrogens is 256 g/mol. The molecule has 3 nitrogen and oxygen atoms in total. The van der Waals surface area contributed by atoms with Crippen molar-refractivity contribution in [1.82, 2.24) is 0 Å². The molecule has 96 valence electrons. The van der Waals surface area contributed by atoms with E-state index in [4.69, 9.17) is 17.3 Å². The fraction of sp³-hybridized carbons (Fsp3) is 0.500. The van der Waals surface area contributed by atoms with Crippen LogP contribution in [0.5, 0.6) is 0 Å². The standard InChI is InChI=1S/C12H19ClN2OS/c1-8-4-10(14)9(13)5-11(8)15-6-12(2,16)7-17-3/h4-5,15-16H,6-7,14H2,1-3H3. The second-order valence-corrected chi connectivity index (χ2v) is 5.75. The van der Waals surface area contributed by atoms with Crippen molar-refractivity contribution in [3.63, 3.8) is 0 Å². The molecule has 0 aliphatic carbocycles. The van der Waals surface area contributed by atoms with Gasteiger partial charge in [-0.1, -0.05) is 11.6 Å². The minimum absolute atomic E-state index is 0.481. The fourth-order valence-electron chi connectivity index (χ4n) is 1.54. The Morgan fingerprint density at radius 3 is 2.76 bits per heavy atom. The van der Waals surface area contributed by atoms with Gasteiger partial charge in [0.1, 0.15) is 0 Å². The molecule has 0 aliphatic heterocycles. The topological polar surface area (TPSA) is 58.3 Å². The van der Waals surface area contributed by atoms with E-state index in [9.17, 15) is 5.11 Å². The molecule has 5 heteroatoms. The van der Waals surface area contributed by atoms with Crippen molar-refractivity contribution >= 4 is 34.7 Å². The van der Waals surface area contributed by atoms with Crippen LogP contribution in [0, 0.1) is 6.92 Å². The zero-order chi connectivity index (χ0) is 13.1. The maximum absolute atomic E-state index is 10.0. The highest BCUT2D eigenvalue weighted by molar-refractivity contribution is 7.98. The smallest absolute Gasteiger partial charge is 0.0880 e. The lowest BCUT2D eigenvalue weighted by molar-refractivity contribution is 0.0997. The van der Waals surface area contributed by atoms with Gasteiger partial charge in [0, 0.05) is 18.0 Å². The molecule has 0 saturated carbocycles. The predicted molar refractivity (Wildman–Crippen MR) is 78.1 cm³/mol. The molecule has 0 aliphatic rings. The number of hydrogen-bond acceptors (Lipinski definition) is 4. The van der Waals surface area contributed by atoms with Crippen LogP contribution in [0.4, 0.5) is 11.4 Å². The molecule has 0 saturated heterocycles. The minimum Gasteiger partial charge on any atom is -0.398 e. The summed E-state index contributed by atoms with van der Waals surface area (Å²) in [6.07, 6.45) is 1.97. The van der Waals surface area contributed by atoms with Gasteiger partial charge >= 0.3 is 0 Å². The summed E-state index contributed by atoms with van der Waals surface area (Å²) >= 11 is 7.58. The largest absolute Gasteiger partial charge is 0.398 e. The number of anilines is 2. The Morgan fingerprint density at radius 2 is 2.18 bits per heavy atom. The van der Waals surface area contributed by atoms with E-state index >= 15 is 0 Å². The molecule has 0 fully saturated rings. The summed E-state index contributed by atoms with van der Waals surface area (Å²) < 4.78 is 0. The van der Waals surface area contributed by atoms with Crippen molar-refractivity contribution < 1.29 is 5.11 Å². The number of rotatable bonds is 5. The first-order chi connectivity index (χ1) is 7.85. The number of benzene rings is 1. The predicted octanol–water partition coefficient (Wildman–Crippen LogP) is 2.76. The van der Waals surface area contributed by atoms with E-state index < -0.39 is 5.60 Å². The highest BCUT2D eigenvalue weighted by Gasteiger charge is 2.19. The van der Waals surface area contributed by atoms with E-state index in [1.807, 2.05) is 26.2 Å². The normalized spacial score (nSPS) is 14.4. The maximum Gasteiger partial charge on any atom is 0.0880 e. The Morgan fingerprint density at radius 1 is 1.53 bits per heavy atom. The van der Waals surface area contributed by atoms with Gasteiger partial charge in [-0.2, -0.15) is 11.8 Å². The van der Waals surface area contributed by atoms with Gasteiger partial charge in [0.15, 0.2) is 0 Å². The third-order valence-electron chi connectivity index (χ3n) is 2.46. The molecule has 1 aromatic rings. The lowest BCUT2D eigenvalue weighted by Gasteiger charge is -2.24. The van der Waals surface area contributed by atoms with Gasteiger partial charge in [-0.3, -0.25) is 0 Å². The Bertz CT molecular complexity index is 396. The average Bonchev–Trinajstić information content (AvgIpc) is 2.21.